The Labute approximate surface area is 105 Å². The van der Waals surface area contributed by atoms with Crippen LogP contribution in [-0.2, 0) is 0 Å². The van der Waals surface area contributed by atoms with E-state index in [0.717, 1.165) is 11.3 Å². The van der Waals surface area contributed by atoms with E-state index in [4.69, 9.17) is 4.74 Å². The average molecular weight is 240 g/mol. The first-order chi connectivity index (χ1) is 8.68. The van der Waals surface area contributed by atoms with E-state index in [2.05, 4.69) is 0 Å². The lowest BCUT2D eigenvalue weighted by Crippen LogP contribution is -2.11. The Bertz CT molecular complexity index is 617. The Morgan fingerprint density at radius 3 is 2.56 bits per heavy atom. The van der Waals surface area contributed by atoms with Crippen LogP contribution in [0.25, 0.3) is 0 Å². The Morgan fingerprint density at radius 2 is 1.83 bits per heavy atom. The van der Waals surface area contributed by atoms with Crippen molar-refractivity contribution < 1.29 is 14.6 Å². The van der Waals surface area contributed by atoms with Crippen LogP contribution in [0.4, 0.5) is 0 Å². The van der Waals surface area contributed by atoms with Gasteiger partial charge in [0.05, 0.1) is 5.56 Å². The van der Waals surface area contributed by atoms with Gasteiger partial charge in [0.15, 0.2) is 17.3 Å². The van der Waals surface area contributed by atoms with Crippen LogP contribution in [0.5, 0.6) is 11.5 Å². The normalized spacial score (nSPS) is 13.4. The highest BCUT2D eigenvalue weighted by Crippen LogP contribution is 2.51. The predicted molar refractivity (Wildman–Crippen MR) is 67.0 cm³/mol. The molecule has 2 aromatic rings. The molecule has 0 amide bonds. The summed E-state index contributed by atoms with van der Waals surface area (Å²) in [6.07, 6.45) is -1.14. The van der Waals surface area contributed by atoms with Gasteiger partial charge in [-0.3, -0.25) is 4.79 Å². The van der Waals surface area contributed by atoms with E-state index < -0.39 is 6.10 Å². The third-order valence-corrected chi connectivity index (χ3v) is 3.10. The molecule has 0 aliphatic carbocycles. The summed E-state index contributed by atoms with van der Waals surface area (Å²) in [5.41, 5.74) is 2.06. The number of ketones is 1. The number of ether oxygens (including phenoxy) is 1. The van der Waals surface area contributed by atoms with Crippen LogP contribution in [0.3, 0.4) is 0 Å². The molecule has 2 aromatic carbocycles. The highest BCUT2D eigenvalue weighted by atomic mass is 16.6. The predicted octanol–water partition coefficient (Wildman–Crippen LogP) is 3.02. The van der Waals surface area contributed by atoms with Crippen LogP contribution in [-0.4, -0.2) is 10.9 Å². The fraction of sp³-hybridized carbons (Fsp3) is 0.133. The molecule has 0 bridgehead atoms. The summed E-state index contributed by atoms with van der Waals surface area (Å²) in [6, 6.07) is 12.4. The third-order valence-electron chi connectivity index (χ3n) is 3.10. The zero-order chi connectivity index (χ0) is 12.7. The van der Waals surface area contributed by atoms with Crippen molar-refractivity contribution in [3.05, 3.63) is 59.2 Å². The Balaban J connectivity index is 1.92. The molecule has 1 aliphatic rings. The first kappa shape index (κ1) is 11.0. The van der Waals surface area contributed by atoms with Crippen LogP contribution < -0.4 is 4.74 Å². The van der Waals surface area contributed by atoms with Crippen molar-refractivity contribution >= 4 is 5.78 Å². The number of hydrogen-bond acceptors (Lipinski definition) is 3. The minimum absolute atomic E-state index is 0.324. The highest BCUT2D eigenvalue weighted by Gasteiger charge is 2.32. The molecule has 1 atom stereocenters. The van der Waals surface area contributed by atoms with Crippen molar-refractivity contribution in [1.82, 2.24) is 0 Å². The second-order valence-corrected chi connectivity index (χ2v) is 4.37. The maximum Gasteiger partial charge on any atom is 0.199 e. The maximum absolute atomic E-state index is 12.2. The Morgan fingerprint density at radius 1 is 1.11 bits per heavy atom. The van der Waals surface area contributed by atoms with Gasteiger partial charge in [0.1, 0.15) is 6.10 Å². The summed E-state index contributed by atoms with van der Waals surface area (Å²) in [6.45, 7) is 1.92. The van der Waals surface area contributed by atoms with Crippen LogP contribution in [0, 0.1) is 6.92 Å². The van der Waals surface area contributed by atoms with Crippen molar-refractivity contribution in [2.45, 2.75) is 13.0 Å². The molecule has 3 heteroatoms. The van der Waals surface area contributed by atoms with Gasteiger partial charge in [-0.25, -0.2) is 0 Å². The molecule has 0 fully saturated rings. The number of fused-ring (bicyclic) bond motifs is 1. The number of rotatable bonds is 3. The lowest BCUT2D eigenvalue weighted by Gasteiger charge is -2.08. The summed E-state index contributed by atoms with van der Waals surface area (Å²) < 4.78 is 5.27. The number of benzene rings is 2. The summed E-state index contributed by atoms with van der Waals surface area (Å²) in [4.78, 5) is 12.2. The van der Waals surface area contributed by atoms with Crippen LogP contribution >= 0.6 is 0 Å². The number of Topliss-reactive ketones (excluding diaryl/α,β-unsaturated/α-hetero) is 1. The van der Waals surface area contributed by atoms with E-state index in [0.29, 0.717) is 16.9 Å². The molecule has 0 aromatic heterocycles. The number of carbonyl (C=O) groups excluding carboxylic acids is 1. The number of hydrogen-bond donors (Lipinski definition) is 1. The summed E-state index contributed by atoms with van der Waals surface area (Å²) in [5.74, 6) is 1.05. The lowest BCUT2D eigenvalue weighted by atomic mass is 9.99. The zero-order valence-electron chi connectivity index (χ0n) is 9.88. The molecule has 1 unspecified atom stereocenters. The number of carbonyl (C=O) groups is 1. The Kier molecular flexibility index (Phi) is 2.42. The van der Waals surface area contributed by atoms with Gasteiger partial charge >= 0.3 is 0 Å². The molecule has 0 spiro atoms. The van der Waals surface area contributed by atoms with Crippen molar-refractivity contribution in [1.29, 1.82) is 0 Å². The summed E-state index contributed by atoms with van der Waals surface area (Å²) >= 11 is 0. The SMILES string of the molecule is Cc1ccc(C(=O)C(O)c2ccccc2)c2c1O2. The van der Waals surface area contributed by atoms with Gasteiger partial charge in [-0.15, -0.1) is 0 Å². The van der Waals surface area contributed by atoms with Crippen LogP contribution in [0.15, 0.2) is 42.5 Å². The van der Waals surface area contributed by atoms with Crippen molar-refractivity contribution in [2.24, 2.45) is 0 Å². The molecule has 0 radical (unpaired) electrons. The van der Waals surface area contributed by atoms with Crippen LogP contribution in [0.1, 0.15) is 27.6 Å². The quantitative estimate of drug-likeness (QED) is 0.565. The molecule has 0 saturated heterocycles. The van der Waals surface area contributed by atoms with Gasteiger partial charge in [-0.1, -0.05) is 36.4 Å². The first-order valence-electron chi connectivity index (χ1n) is 5.77. The second-order valence-electron chi connectivity index (χ2n) is 4.37. The maximum atomic E-state index is 12.2. The van der Waals surface area contributed by atoms with Gasteiger partial charge in [0.2, 0.25) is 0 Å². The van der Waals surface area contributed by atoms with Crippen molar-refractivity contribution in [2.75, 3.05) is 0 Å². The van der Waals surface area contributed by atoms with E-state index in [1.807, 2.05) is 19.1 Å². The molecule has 1 heterocycles. The van der Waals surface area contributed by atoms with Crippen LogP contribution in [0.2, 0.25) is 0 Å². The smallest absolute Gasteiger partial charge is 0.199 e. The first-order valence-corrected chi connectivity index (χ1v) is 5.77. The fourth-order valence-corrected chi connectivity index (χ4v) is 2.00. The molecular weight excluding hydrogens is 228 g/mol. The van der Waals surface area contributed by atoms with E-state index in [-0.39, 0.29) is 5.78 Å². The van der Waals surface area contributed by atoms with Gasteiger partial charge in [-0.2, -0.15) is 0 Å². The van der Waals surface area contributed by atoms with Crippen molar-refractivity contribution in [3.8, 4) is 11.5 Å². The minimum Gasteiger partial charge on any atom is -0.448 e. The summed E-state index contributed by atoms with van der Waals surface area (Å²) in [5, 5.41) is 10.1. The van der Waals surface area contributed by atoms with E-state index in [9.17, 15) is 9.90 Å². The third kappa shape index (κ3) is 1.69. The topological polar surface area (TPSA) is 49.8 Å². The lowest BCUT2D eigenvalue weighted by molar-refractivity contribution is 0.0747. The largest absolute Gasteiger partial charge is 0.448 e. The van der Waals surface area contributed by atoms with Gasteiger partial charge in [0, 0.05) is 0 Å². The van der Waals surface area contributed by atoms with E-state index in [1.54, 1.807) is 30.3 Å². The Hall–Kier alpha value is -2.13. The minimum atomic E-state index is -1.14. The average Bonchev–Trinajstić information content (AvgIpc) is 3.20. The molecule has 1 N–H and O–H groups in total. The summed E-state index contributed by atoms with van der Waals surface area (Å²) in [7, 11) is 0. The molecule has 0 saturated carbocycles. The number of aliphatic hydroxyl groups excluding tert-OH is 1. The molecule has 90 valence electrons. The molecule has 3 rings (SSSR count). The molecular formula is C15H12O3. The molecule has 1 aliphatic heterocycles. The fourth-order valence-electron chi connectivity index (χ4n) is 2.00. The number of aryl methyl sites for hydroxylation is 1. The van der Waals surface area contributed by atoms with Gasteiger partial charge in [-0.05, 0) is 24.1 Å². The standard InChI is InChI=1S/C15H12O3/c1-9-7-8-11(15-14(9)18-15)13(17)12(16)10-5-3-2-4-6-10/h2-8,12,16H,1H3. The van der Waals surface area contributed by atoms with Gasteiger partial charge in [0.25, 0.3) is 0 Å². The van der Waals surface area contributed by atoms with Crippen molar-refractivity contribution in [3.63, 3.8) is 0 Å². The zero-order valence-corrected chi connectivity index (χ0v) is 9.88. The molecule has 18 heavy (non-hydrogen) atoms. The number of aliphatic hydroxyl groups is 1. The van der Waals surface area contributed by atoms with E-state index in [1.165, 1.54) is 0 Å². The van der Waals surface area contributed by atoms with Gasteiger partial charge < -0.3 is 9.84 Å². The van der Waals surface area contributed by atoms with E-state index >= 15 is 0 Å². The highest BCUT2D eigenvalue weighted by molar-refractivity contribution is 6.04. The molecule has 3 nitrogen and oxygen atoms in total. The second kappa shape index (κ2) is 3.96. The monoisotopic (exact) mass is 240 g/mol.